The lowest BCUT2D eigenvalue weighted by Crippen LogP contribution is -2.41. The first-order chi connectivity index (χ1) is 16.9. The van der Waals surface area contributed by atoms with Gasteiger partial charge in [0.2, 0.25) is 5.91 Å². The van der Waals surface area contributed by atoms with Gasteiger partial charge in [0.1, 0.15) is 12.3 Å². The van der Waals surface area contributed by atoms with Gasteiger partial charge in [-0.2, -0.15) is 0 Å². The molecule has 2 amide bonds. The van der Waals surface area contributed by atoms with Crippen LogP contribution in [0.25, 0.3) is 0 Å². The van der Waals surface area contributed by atoms with E-state index in [1.807, 2.05) is 27.7 Å². The first kappa shape index (κ1) is 26.7. The van der Waals surface area contributed by atoms with Gasteiger partial charge in [0.25, 0.3) is 15.9 Å². The van der Waals surface area contributed by atoms with Crippen molar-refractivity contribution in [2.45, 2.75) is 38.1 Å². The largest absolute Gasteiger partial charge is 0.497 e. The monoisotopic (exact) mass is 509 g/mol. The van der Waals surface area contributed by atoms with Crippen LogP contribution in [-0.2, 0) is 14.8 Å². The second kappa shape index (κ2) is 10.8. The molecule has 9 heteroatoms. The number of ether oxygens (including phenoxy) is 1. The van der Waals surface area contributed by atoms with Crippen LogP contribution in [0.2, 0.25) is 0 Å². The summed E-state index contributed by atoms with van der Waals surface area (Å²) < 4.78 is 33.5. The summed E-state index contributed by atoms with van der Waals surface area (Å²) in [6.07, 6.45) is 0. The summed E-state index contributed by atoms with van der Waals surface area (Å²) in [5, 5.41) is 5.57. The molecule has 0 bridgehead atoms. The van der Waals surface area contributed by atoms with E-state index >= 15 is 0 Å². The summed E-state index contributed by atoms with van der Waals surface area (Å²) in [6.45, 7) is 6.91. The van der Waals surface area contributed by atoms with Gasteiger partial charge in [-0.05, 0) is 64.1 Å². The molecule has 8 nitrogen and oxygen atoms in total. The summed E-state index contributed by atoms with van der Waals surface area (Å²) in [5.74, 6) is -0.513. The third-order valence-electron chi connectivity index (χ3n) is 5.17. The molecule has 0 aromatic heterocycles. The highest BCUT2D eigenvalue weighted by atomic mass is 32.2. The van der Waals surface area contributed by atoms with E-state index in [2.05, 4.69) is 10.6 Å². The molecule has 2 N–H and O–H groups in total. The molecule has 0 heterocycles. The maximum Gasteiger partial charge on any atom is 0.264 e. The van der Waals surface area contributed by atoms with Crippen LogP contribution in [0.5, 0.6) is 5.75 Å². The van der Waals surface area contributed by atoms with Crippen molar-refractivity contribution in [1.29, 1.82) is 0 Å². The fourth-order valence-corrected chi connectivity index (χ4v) is 4.85. The van der Waals surface area contributed by atoms with Gasteiger partial charge in [0, 0.05) is 11.6 Å². The van der Waals surface area contributed by atoms with Crippen LogP contribution in [-0.4, -0.2) is 39.4 Å². The second-order valence-corrected chi connectivity index (χ2v) is 11.2. The molecule has 0 spiro atoms. The molecule has 0 saturated heterocycles. The Balaban J connectivity index is 1.95. The van der Waals surface area contributed by atoms with Gasteiger partial charge in [-0.1, -0.05) is 35.9 Å². The van der Waals surface area contributed by atoms with Crippen molar-refractivity contribution in [1.82, 2.24) is 5.32 Å². The Morgan fingerprint density at radius 3 is 2.25 bits per heavy atom. The van der Waals surface area contributed by atoms with Crippen LogP contribution in [0.15, 0.2) is 77.7 Å². The SMILES string of the molecule is COc1cccc(N(CC(=O)Nc2ccccc2C(=O)NC(C)(C)C)S(=O)(=O)c2ccc(C)cc2)c1. The molecule has 190 valence electrons. The highest BCUT2D eigenvalue weighted by Crippen LogP contribution is 2.27. The number of methoxy groups -OCH3 is 1. The predicted octanol–water partition coefficient (Wildman–Crippen LogP) is 4.37. The molecule has 0 saturated carbocycles. The van der Waals surface area contributed by atoms with E-state index in [4.69, 9.17) is 4.74 Å². The van der Waals surface area contributed by atoms with Crippen LogP contribution in [0.4, 0.5) is 11.4 Å². The van der Waals surface area contributed by atoms with Gasteiger partial charge < -0.3 is 15.4 Å². The lowest BCUT2D eigenvalue weighted by atomic mass is 10.1. The molecule has 0 unspecified atom stereocenters. The van der Waals surface area contributed by atoms with Crippen LogP contribution in [0.1, 0.15) is 36.7 Å². The van der Waals surface area contributed by atoms with E-state index in [0.717, 1.165) is 9.87 Å². The minimum Gasteiger partial charge on any atom is -0.497 e. The molecule has 0 atom stereocenters. The molecule has 0 aliphatic carbocycles. The number of anilines is 2. The van der Waals surface area contributed by atoms with Crippen molar-refractivity contribution in [3.8, 4) is 5.75 Å². The lowest BCUT2D eigenvalue weighted by Gasteiger charge is -2.25. The van der Waals surface area contributed by atoms with Crippen molar-refractivity contribution in [2.75, 3.05) is 23.3 Å². The average Bonchev–Trinajstić information content (AvgIpc) is 2.82. The Bertz CT molecular complexity index is 1350. The molecule has 0 aliphatic heterocycles. The number of para-hydroxylation sites is 1. The Morgan fingerprint density at radius 2 is 1.61 bits per heavy atom. The first-order valence-electron chi connectivity index (χ1n) is 11.4. The van der Waals surface area contributed by atoms with Gasteiger partial charge in [-0.3, -0.25) is 13.9 Å². The standard InChI is InChI=1S/C27H31N3O5S/c1-19-13-15-22(16-14-19)36(33,34)30(20-9-8-10-21(17-20)35-5)18-25(31)28-24-12-7-6-11-23(24)26(32)29-27(2,3)4/h6-17H,18H2,1-5H3,(H,28,31)(H,29,32). The summed E-state index contributed by atoms with van der Waals surface area (Å²) in [6, 6.07) is 19.4. The third kappa shape index (κ3) is 6.63. The van der Waals surface area contributed by atoms with Gasteiger partial charge in [0.15, 0.2) is 0 Å². The third-order valence-corrected chi connectivity index (χ3v) is 6.96. The maximum atomic E-state index is 13.6. The lowest BCUT2D eigenvalue weighted by molar-refractivity contribution is -0.114. The van der Waals surface area contributed by atoms with Crippen molar-refractivity contribution < 1.29 is 22.7 Å². The quantitative estimate of drug-likeness (QED) is 0.469. The number of carbonyl (C=O) groups excluding carboxylic acids is 2. The van der Waals surface area contributed by atoms with E-state index in [-0.39, 0.29) is 27.7 Å². The van der Waals surface area contributed by atoms with Gasteiger partial charge in [-0.25, -0.2) is 8.42 Å². The normalized spacial score (nSPS) is 11.5. The summed E-state index contributed by atoms with van der Waals surface area (Å²) in [4.78, 5) is 26.0. The number of hydrogen-bond acceptors (Lipinski definition) is 5. The summed E-state index contributed by atoms with van der Waals surface area (Å²) >= 11 is 0. The van der Waals surface area contributed by atoms with E-state index in [1.54, 1.807) is 60.7 Å². The molecule has 0 fully saturated rings. The van der Waals surface area contributed by atoms with E-state index < -0.39 is 28.0 Å². The van der Waals surface area contributed by atoms with Crippen LogP contribution < -0.4 is 19.7 Å². The molecule has 0 aliphatic rings. The van der Waals surface area contributed by atoms with Crippen LogP contribution >= 0.6 is 0 Å². The zero-order valence-electron chi connectivity index (χ0n) is 21.0. The number of rotatable bonds is 8. The summed E-state index contributed by atoms with van der Waals surface area (Å²) in [7, 11) is -2.62. The number of nitrogens with zero attached hydrogens (tertiary/aromatic N) is 1. The number of sulfonamides is 1. The molecule has 36 heavy (non-hydrogen) atoms. The average molecular weight is 510 g/mol. The Hall–Kier alpha value is -3.85. The van der Waals surface area contributed by atoms with Crippen LogP contribution in [0.3, 0.4) is 0 Å². The molecular formula is C27H31N3O5S. The second-order valence-electron chi connectivity index (χ2n) is 9.32. The fraction of sp³-hybridized carbons (Fsp3) is 0.259. The summed E-state index contributed by atoms with van der Waals surface area (Å²) in [5.41, 5.74) is 1.26. The van der Waals surface area contributed by atoms with E-state index in [9.17, 15) is 18.0 Å². The van der Waals surface area contributed by atoms with Gasteiger partial charge in [0.05, 0.1) is 28.9 Å². The number of aryl methyl sites for hydroxylation is 1. The number of hydrogen-bond donors (Lipinski definition) is 2. The molecule has 3 aromatic rings. The van der Waals surface area contributed by atoms with Crippen molar-refractivity contribution >= 4 is 33.2 Å². The minimum absolute atomic E-state index is 0.0497. The zero-order valence-corrected chi connectivity index (χ0v) is 21.8. The Morgan fingerprint density at radius 1 is 0.944 bits per heavy atom. The molecule has 3 aromatic carbocycles. The zero-order chi connectivity index (χ0) is 26.5. The molecule has 0 radical (unpaired) electrons. The number of nitrogens with one attached hydrogen (secondary N) is 2. The van der Waals surface area contributed by atoms with E-state index in [1.165, 1.54) is 19.2 Å². The molecule has 3 rings (SSSR count). The molecular weight excluding hydrogens is 478 g/mol. The van der Waals surface area contributed by atoms with Crippen LogP contribution in [0, 0.1) is 6.92 Å². The van der Waals surface area contributed by atoms with Gasteiger partial charge in [-0.15, -0.1) is 0 Å². The number of benzene rings is 3. The number of carbonyl (C=O) groups is 2. The Kier molecular flexibility index (Phi) is 8.04. The van der Waals surface area contributed by atoms with Crippen molar-refractivity contribution in [2.24, 2.45) is 0 Å². The predicted molar refractivity (Wildman–Crippen MR) is 141 cm³/mol. The van der Waals surface area contributed by atoms with Crippen molar-refractivity contribution in [3.05, 3.63) is 83.9 Å². The maximum absolute atomic E-state index is 13.6. The smallest absolute Gasteiger partial charge is 0.264 e. The van der Waals surface area contributed by atoms with E-state index in [0.29, 0.717) is 5.75 Å². The van der Waals surface area contributed by atoms with Gasteiger partial charge >= 0.3 is 0 Å². The highest BCUT2D eigenvalue weighted by Gasteiger charge is 2.28. The highest BCUT2D eigenvalue weighted by molar-refractivity contribution is 7.92. The first-order valence-corrected chi connectivity index (χ1v) is 12.8. The fourth-order valence-electron chi connectivity index (χ4n) is 3.44. The Labute approximate surface area is 212 Å². The topological polar surface area (TPSA) is 105 Å². The van der Waals surface area contributed by atoms with Crippen molar-refractivity contribution in [3.63, 3.8) is 0 Å². The minimum atomic E-state index is -4.10. The number of amides is 2.